The first-order valence-corrected chi connectivity index (χ1v) is 10.6. The second-order valence-electron chi connectivity index (χ2n) is 7.34. The number of nitrogen functional groups attached to an aromatic ring is 1. The first-order chi connectivity index (χ1) is 14.1. The van der Waals surface area contributed by atoms with Gasteiger partial charge < -0.3 is 20.9 Å². The van der Waals surface area contributed by atoms with E-state index >= 15 is 0 Å². The molecule has 29 heavy (non-hydrogen) atoms. The van der Waals surface area contributed by atoms with E-state index in [1.54, 1.807) is 0 Å². The molecule has 9 heteroatoms. The summed E-state index contributed by atoms with van der Waals surface area (Å²) >= 11 is 1.48. The Bertz CT molecular complexity index is 1080. The summed E-state index contributed by atoms with van der Waals surface area (Å²) in [5.74, 6) is 0.368. The molecule has 0 aliphatic carbocycles. The van der Waals surface area contributed by atoms with Gasteiger partial charge in [0.15, 0.2) is 22.1 Å². The van der Waals surface area contributed by atoms with Crippen LogP contribution in [-0.2, 0) is 13.0 Å². The van der Waals surface area contributed by atoms with Crippen molar-refractivity contribution in [2.75, 3.05) is 24.1 Å². The molecule has 2 aromatic heterocycles. The zero-order valence-electron chi connectivity index (χ0n) is 16.6. The Hall–Kier alpha value is -2.83. The lowest BCUT2D eigenvalue weighted by Gasteiger charge is -2.12. The molecule has 0 bridgehead atoms. The van der Waals surface area contributed by atoms with Crippen molar-refractivity contribution in [3.05, 3.63) is 29.6 Å². The highest BCUT2D eigenvalue weighted by atomic mass is 32.2. The summed E-state index contributed by atoms with van der Waals surface area (Å²) in [6.07, 6.45) is 3.34. The van der Waals surface area contributed by atoms with E-state index in [-0.39, 0.29) is 0 Å². The van der Waals surface area contributed by atoms with Crippen molar-refractivity contribution in [2.45, 2.75) is 49.3 Å². The fourth-order valence-corrected chi connectivity index (χ4v) is 4.45. The molecule has 4 N–H and O–H groups in total. The zero-order chi connectivity index (χ0) is 20.4. The second kappa shape index (κ2) is 8.27. The Morgan fingerprint density at radius 1 is 1.38 bits per heavy atom. The molecular weight excluding hydrogens is 384 g/mol. The number of benzene rings is 1. The molecule has 0 unspecified atom stereocenters. The maximum atomic E-state index is 9.64. The number of nitrogens with two attached hydrogens (primary N) is 1. The molecule has 0 saturated heterocycles. The quantitative estimate of drug-likeness (QED) is 0.511. The van der Waals surface area contributed by atoms with E-state index in [0.717, 1.165) is 53.9 Å². The van der Waals surface area contributed by atoms with Crippen LogP contribution in [0.5, 0.6) is 0 Å². The fourth-order valence-electron chi connectivity index (χ4n) is 3.44. The molecule has 0 radical (unpaired) electrons. The lowest BCUT2D eigenvalue weighted by atomic mass is 10.1. The van der Waals surface area contributed by atoms with Gasteiger partial charge in [0, 0.05) is 29.7 Å². The highest BCUT2D eigenvalue weighted by Gasteiger charge is 2.19. The number of hydrogen-bond donors (Lipinski definition) is 3. The SMILES string of the molecule is CC(C)NCCCn1c(Sc2cc3c(cc2C#N)CCN3)nc2c(N)ncnc21. The van der Waals surface area contributed by atoms with Crippen molar-refractivity contribution >= 4 is 34.4 Å². The summed E-state index contributed by atoms with van der Waals surface area (Å²) in [4.78, 5) is 14.1. The number of fused-ring (bicyclic) bond motifs is 2. The van der Waals surface area contributed by atoms with Crippen molar-refractivity contribution in [3.8, 4) is 6.07 Å². The Balaban J connectivity index is 1.69. The van der Waals surface area contributed by atoms with Crippen molar-refractivity contribution in [1.82, 2.24) is 24.8 Å². The van der Waals surface area contributed by atoms with Crippen LogP contribution in [-0.4, -0.2) is 38.7 Å². The third kappa shape index (κ3) is 3.99. The number of nitrogens with one attached hydrogen (secondary N) is 2. The minimum absolute atomic E-state index is 0.368. The average Bonchev–Trinajstić information content (AvgIpc) is 3.29. The molecule has 1 aliphatic heterocycles. The van der Waals surface area contributed by atoms with E-state index in [0.29, 0.717) is 22.9 Å². The number of rotatable bonds is 7. The second-order valence-corrected chi connectivity index (χ2v) is 8.34. The van der Waals surface area contributed by atoms with E-state index in [9.17, 15) is 5.26 Å². The number of imidazole rings is 1. The predicted octanol–water partition coefficient (Wildman–Crippen LogP) is 2.79. The molecule has 0 saturated carbocycles. The number of nitriles is 1. The van der Waals surface area contributed by atoms with Crippen molar-refractivity contribution in [3.63, 3.8) is 0 Å². The van der Waals surface area contributed by atoms with Gasteiger partial charge in [-0.25, -0.2) is 15.0 Å². The summed E-state index contributed by atoms with van der Waals surface area (Å²) in [7, 11) is 0. The molecule has 3 heterocycles. The van der Waals surface area contributed by atoms with E-state index in [2.05, 4.69) is 45.1 Å². The van der Waals surface area contributed by atoms with Crippen LogP contribution in [0.25, 0.3) is 11.2 Å². The standard InChI is InChI=1S/C20H24N8S/c1-12(2)23-5-3-7-28-19-17(18(22)25-11-26-19)27-20(28)29-16-9-15-13(4-6-24-15)8-14(16)10-21/h8-9,11-12,23-24H,3-7H2,1-2H3,(H2,22,25,26). The molecule has 0 atom stereocenters. The van der Waals surface area contributed by atoms with Gasteiger partial charge in [0.1, 0.15) is 12.4 Å². The summed E-state index contributed by atoms with van der Waals surface area (Å²) in [6.45, 7) is 6.82. The van der Waals surface area contributed by atoms with Gasteiger partial charge >= 0.3 is 0 Å². The lowest BCUT2D eigenvalue weighted by molar-refractivity contribution is 0.525. The fraction of sp³-hybridized carbons (Fsp3) is 0.400. The molecule has 150 valence electrons. The van der Waals surface area contributed by atoms with E-state index in [1.807, 2.05) is 12.1 Å². The zero-order valence-corrected chi connectivity index (χ0v) is 17.4. The smallest absolute Gasteiger partial charge is 0.175 e. The summed E-state index contributed by atoms with van der Waals surface area (Å²) in [5, 5.41) is 17.2. The maximum Gasteiger partial charge on any atom is 0.175 e. The van der Waals surface area contributed by atoms with Crippen LogP contribution >= 0.6 is 11.8 Å². The molecule has 4 rings (SSSR count). The summed E-state index contributed by atoms with van der Waals surface area (Å²) < 4.78 is 2.07. The first-order valence-electron chi connectivity index (χ1n) is 9.75. The van der Waals surface area contributed by atoms with Gasteiger partial charge in [-0.3, -0.25) is 0 Å². The van der Waals surface area contributed by atoms with Crippen molar-refractivity contribution in [1.29, 1.82) is 5.26 Å². The topological polar surface area (TPSA) is 117 Å². The predicted molar refractivity (Wildman–Crippen MR) is 115 cm³/mol. The van der Waals surface area contributed by atoms with Crippen LogP contribution in [0.2, 0.25) is 0 Å². The average molecular weight is 409 g/mol. The monoisotopic (exact) mass is 408 g/mol. The van der Waals surface area contributed by atoms with Crippen molar-refractivity contribution < 1.29 is 0 Å². The van der Waals surface area contributed by atoms with Gasteiger partial charge in [0.05, 0.1) is 5.56 Å². The summed E-state index contributed by atoms with van der Waals surface area (Å²) in [6, 6.07) is 6.79. The number of aryl methyl sites for hydroxylation is 1. The lowest BCUT2D eigenvalue weighted by Crippen LogP contribution is -2.24. The first kappa shape index (κ1) is 19.5. The molecule has 1 aliphatic rings. The van der Waals surface area contributed by atoms with Crippen LogP contribution in [0.3, 0.4) is 0 Å². The van der Waals surface area contributed by atoms with Gasteiger partial charge in [-0.2, -0.15) is 5.26 Å². The highest BCUT2D eigenvalue weighted by Crippen LogP contribution is 2.37. The highest BCUT2D eigenvalue weighted by molar-refractivity contribution is 7.99. The molecule has 0 fully saturated rings. The molecule has 8 nitrogen and oxygen atoms in total. The van der Waals surface area contributed by atoms with Crippen LogP contribution < -0.4 is 16.4 Å². The van der Waals surface area contributed by atoms with Crippen LogP contribution in [0.1, 0.15) is 31.4 Å². The number of nitrogens with zero attached hydrogens (tertiary/aromatic N) is 5. The van der Waals surface area contributed by atoms with Gasteiger partial charge in [0.2, 0.25) is 0 Å². The minimum Gasteiger partial charge on any atom is -0.384 e. The summed E-state index contributed by atoms with van der Waals surface area (Å²) in [5.41, 5.74) is 10.3. The third-order valence-electron chi connectivity index (χ3n) is 4.87. The maximum absolute atomic E-state index is 9.64. The Kier molecular flexibility index (Phi) is 5.56. The molecule has 3 aromatic rings. The van der Waals surface area contributed by atoms with Gasteiger partial charge in [0.25, 0.3) is 0 Å². The third-order valence-corrected chi connectivity index (χ3v) is 5.93. The molecule has 0 spiro atoms. The van der Waals surface area contributed by atoms with E-state index in [1.165, 1.54) is 23.7 Å². The normalized spacial score (nSPS) is 12.9. The minimum atomic E-state index is 0.368. The number of aromatic nitrogens is 4. The van der Waals surface area contributed by atoms with Gasteiger partial charge in [-0.15, -0.1) is 0 Å². The number of anilines is 2. The van der Waals surface area contributed by atoms with Crippen LogP contribution in [0, 0.1) is 11.3 Å². The largest absolute Gasteiger partial charge is 0.384 e. The van der Waals surface area contributed by atoms with Gasteiger partial charge in [-0.05, 0) is 37.1 Å². The number of hydrogen-bond acceptors (Lipinski definition) is 8. The van der Waals surface area contributed by atoms with Crippen molar-refractivity contribution in [2.24, 2.45) is 0 Å². The Morgan fingerprint density at radius 3 is 3.03 bits per heavy atom. The van der Waals surface area contributed by atoms with Gasteiger partial charge in [-0.1, -0.05) is 25.6 Å². The Morgan fingerprint density at radius 2 is 2.24 bits per heavy atom. The molecule has 1 aromatic carbocycles. The Labute approximate surface area is 173 Å². The molecule has 0 amide bonds. The van der Waals surface area contributed by atoms with E-state index in [4.69, 9.17) is 10.7 Å². The van der Waals surface area contributed by atoms with E-state index < -0.39 is 0 Å². The van der Waals surface area contributed by atoms with Crippen LogP contribution in [0.4, 0.5) is 11.5 Å². The molecular formula is C20H24N8S. The van der Waals surface area contributed by atoms with Crippen LogP contribution in [0.15, 0.2) is 28.5 Å².